The van der Waals surface area contributed by atoms with Crippen molar-refractivity contribution in [2.75, 3.05) is 11.9 Å². The zero-order valence-electron chi connectivity index (χ0n) is 13.9. The summed E-state index contributed by atoms with van der Waals surface area (Å²) in [4.78, 5) is 24.6. The molecule has 6 heteroatoms. The minimum absolute atomic E-state index is 0.372. The SMILES string of the molecule is Cc1cc(C)c(NC(=O)COC(=O)/C=C/Sc2ccccc2)c(Cl)c1. The molecule has 0 aromatic heterocycles. The summed E-state index contributed by atoms with van der Waals surface area (Å²) in [5, 5.41) is 4.74. The first kappa shape index (κ1) is 19.1. The van der Waals surface area contributed by atoms with Gasteiger partial charge in [-0.15, -0.1) is 0 Å². The number of esters is 1. The van der Waals surface area contributed by atoms with E-state index < -0.39 is 11.9 Å². The second kappa shape index (κ2) is 9.30. The van der Waals surface area contributed by atoms with E-state index in [4.69, 9.17) is 16.3 Å². The Morgan fingerprint density at radius 1 is 1.20 bits per heavy atom. The van der Waals surface area contributed by atoms with Gasteiger partial charge in [-0.3, -0.25) is 4.79 Å². The van der Waals surface area contributed by atoms with Crippen LogP contribution in [0.1, 0.15) is 11.1 Å². The van der Waals surface area contributed by atoms with Crippen LogP contribution < -0.4 is 5.32 Å². The number of hydrogen-bond acceptors (Lipinski definition) is 4. The van der Waals surface area contributed by atoms with Crippen LogP contribution in [0.2, 0.25) is 5.02 Å². The van der Waals surface area contributed by atoms with Gasteiger partial charge in [0.15, 0.2) is 6.61 Å². The van der Waals surface area contributed by atoms with E-state index >= 15 is 0 Å². The number of amides is 1. The second-order valence-corrected chi connectivity index (χ2v) is 6.71. The van der Waals surface area contributed by atoms with Gasteiger partial charge in [-0.25, -0.2) is 4.79 Å². The molecule has 0 unspecified atom stereocenters. The van der Waals surface area contributed by atoms with Crippen molar-refractivity contribution >= 4 is 40.9 Å². The van der Waals surface area contributed by atoms with Crippen LogP contribution in [0.5, 0.6) is 0 Å². The number of anilines is 1. The van der Waals surface area contributed by atoms with Crippen molar-refractivity contribution in [1.82, 2.24) is 0 Å². The number of thioether (sulfide) groups is 1. The fourth-order valence-electron chi connectivity index (χ4n) is 2.10. The summed E-state index contributed by atoms with van der Waals surface area (Å²) < 4.78 is 4.92. The average Bonchev–Trinajstić information content (AvgIpc) is 2.57. The molecule has 2 aromatic carbocycles. The van der Waals surface area contributed by atoms with E-state index in [-0.39, 0.29) is 6.61 Å². The summed E-state index contributed by atoms with van der Waals surface area (Å²) >= 11 is 7.52. The molecule has 130 valence electrons. The molecule has 0 fully saturated rings. The quantitative estimate of drug-likeness (QED) is 0.450. The van der Waals surface area contributed by atoms with Gasteiger partial charge in [-0.05, 0) is 48.6 Å². The molecule has 2 aromatic rings. The molecule has 1 amide bonds. The Labute approximate surface area is 156 Å². The molecule has 0 bridgehead atoms. The molecule has 1 N–H and O–H groups in total. The van der Waals surface area contributed by atoms with E-state index in [1.165, 1.54) is 17.8 Å². The molecular weight excluding hydrogens is 358 g/mol. The van der Waals surface area contributed by atoms with Crippen LogP contribution in [0.25, 0.3) is 0 Å². The Morgan fingerprint density at radius 3 is 2.60 bits per heavy atom. The van der Waals surface area contributed by atoms with Crippen LogP contribution in [0, 0.1) is 13.8 Å². The van der Waals surface area contributed by atoms with Crippen LogP contribution in [-0.2, 0) is 14.3 Å². The summed E-state index contributed by atoms with van der Waals surface area (Å²) in [6, 6.07) is 13.3. The topological polar surface area (TPSA) is 55.4 Å². The molecule has 25 heavy (non-hydrogen) atoms. The number of carbonyl (C=O) groups is 2. The van der Waals surface area contributed by atoms with E-state index in [1.54, 1.807) is 11.5 Å². The number of carbonyl (C=O) groups excluding carboxylic acids is 2. The molecular formula is C19H18ClNO3S. The highest BCUT2D eigenvalue weighted by Gasteiger charge is 2.11. The number of nitrogens with one attached hydrogen (secondary N) is 1. The lowest BCUT2D eigenvalue weighted by atomic mass is 10.1. The molecule has 0 saturated heterocycles. The van der Waals surface area contributed by atoms with Gasteiger partial charge in [0.05, 0.1) is 10.7 Å². The first-order chi connectivity index (χ1) is 12.0. The van der Waals surface area contributed by atoms with Crippen molar-refractivity contribution in [2.45, 2.75) is 18.7 Å². The number of ether oxygens (including phenoxy) is 1. The molecule has 0 saturated carbocycles. The zero-order valence-corrected chi connectivity index (χ0v) is 15.5. The summed E-state index contributed by atoms with van der Waals surface area (Å²) in [5.41, 5.74) is 2.39. The largest absolute Gasteiger partial charge is 0.452 e. The lowest BCUT2D eigenvalue weighted by Crippen LogP contribution is -2.20. The molecule has 0 radical (unpaired) electrons. The Hall–Kier alpha value is -2.24. The van der Waals surface area contributed by atoms with Crippen molar-refractivity contribution < 1.29 is 14.3 Å². The predicted octanol–water partition coefficient (Wildman–Crippen LogP) is 4.74. The van der Waals surface area contributed by atoms with Gasteiger partial charge in [-0.1, -0.05) is 47.6 Å². The van der Waals surface area contributed by atoms with Gasteiger partial charge >= 0.3 is 5.97 Å². The van der Waals surface area contributed by atoms with E-state index in [2.05, 4.69) is 5.32 Å². The van der Waals surface area contributed by atoms with Crippen molar-refractivity contribution in [3.8, 4) is 0 Å². The second-order valence-electron chi connectivity index (χ2n) is 5.33. The summed E-state index contributed by atoms with van der Waals surface area (Å²) in [5.74, 6) is -1.02. The fraction of sp³-hybridized carbons (Fsp3) is 0.158. The van der Waals surface area contributed by atoms with Gasteiger partial charge in [-0.2, -0.15) is 0 Å². The zero-order chi connectivity index (χ0) is 18.2. The van der Waals surface area contributed by atoms with E-state index in [0.717, 1.165) is 16.0 Å². The third-order valence-electron chi connectivity index (χ3n) is 3.19. The lowest BCUT2D eigenvalue weighted by molar-refractivity contribution is -0.142. The summed E-state index contributed by atoms with van der Waals surface area (Å²) in [6.45, 7) is 3.40. The number of aryl methyl sites for hydroxylation is 2. The molecule has 0 spiro atoms. The highest BCUT2D eigenvalue weighted by Crippen LogP contribution is 2.27. The lowest BCUT2D eigenvalue weighted by Gasteiger charge is -2.11. The average molecular weight is 376 g/mol. The highest BCUT2D eigenvalue weighted by molar-refractivity contribution is 8.02. The van der Waals surface area contributed by atoms with E-state index in [0.29, 0.717) is 10.7 Å². The number of benzene rings is 2. The van der Waals surface area contributed by atoms with Crippen molar-refractivity contribution in [2.24, 2.45) is 0 Å². The Kier molecular flexibility index (Phi) is 7.10. The van der Waals surface area contributed by atoms with Gasteiger partial charge < -0.3 is 10.1 Å². The number of rotatable bonds is 6. The van der Waals surface area contributed by atoms with Crippen LogP contribution in [0.3, 0.4) is 0 Å². The van der Waals surface area contributed by atoms with Gasteiger partial charge in [0.1, 0.15) is 0 Å². The van der Waals surface area contributed by atoms with Crippen molar-refractivity contribution in [1.29, 1.82) is 0 Å². The minimum Gasteiger partial charge on any atom is -0.452 e. The van der Waals surface area contributed by atoms with Crippen molar-refractivity contribution in [3.05, 3.63) is 70.1 Å². The Morgan fingerprint density at radius 2 is 1.92 bits per heavy atom. The standard InChI is InChI=1S/C19H18ClNO3S/c1-13-10-14(2)19(16(20)11-13)21-17(22)12-24-18(23)8-9-25-15-6-4-3-5-7-15/h3-11H,12H2,1-2H3,(H,21,22)/b9-8+. The normalized spacial score (nSPS) is 10.7. The third kappa shape index (κ3) is 6.29. The van der Waals surface area contributed by atoms with Gasteiger partial charge in [0.2, 0.25) is 0 Å². The Balaban J connectivity index is 1.81. The first-order valence-electron chi connectivity index (χ1n) is 7.57. The number of hydrogen-bond donors (Lipinski definition) is 1. The molecule has 0 aliphatic heterocycles. The fourth-order valence-corrected chi connectivity index (χ4v) is 3.12. The van der Waals surface area contributed by atoms with E-state index in [9.17, 15) is 9.59 Å². The molecule has 0 aliphatic carbocycles. The van der Waals surface area contributed by atoms with Crippen LogP contribution >= 0.6 is 23.4 Å². The Bertz CT molecular complexity index is 768. The molecule has 0 aliphatic rings. The molecule has 0 heterocycles. The maximum Gasteiger partial charge on any atom is 0.331 e. The van der Waals surface area contributed by atoms with Gasteiger partial charge in [0.25, 0.3) is 5.91 Å². The summed E-state index contributed by atoms with van der Waals surface area (Å²) in [7, 11) is 0. The number of halogens is 1. The van der Waals surface area contributed by atoms with Gasteiger partial charge in [0, 0.05) is 11.0 Å². The molecule has 0 atom stereocenters. The smallest absolute Gasteiger partial charge is 0.331 e. The van der Waals surface area contributed by atoms with Crippen LogP contribution in [-0.4, -0.2) is 18.5 Å². The highest BCUT2D eigenvalue weighted by atomic mass is 35.5. The van der Waals surface area contributed by atoms with Crippen LogP contribution in [0.4, 0.5) is 5.69 Å². The monoisotopic (exact) mass is 375 g/mol. The third-order valence-corrected chi connectivity index (χ3v) is 4.31. The maximum atomic E-state index is 11.9. The van der Waals surface area contributed by atoms with E-state index in [1.807, 2.05) is 50.2 Å². The molecule has 4 nitrogen and oxygen atoms in total. The summed E-state index contributed by atoms with van der Waals surface area (Å²) in [6.07, 6.45) is 1.29. The maximum absolute atomic E-state index is 11.9. The first-order valence-corrected chi connectivity index (χ1v) is 8.83. The van der Waals surface area contributed by atoms with Crippen LogP contribution in [0.15, 0.2) is 58.8 Å². The van der Waals surface area contributed by atoms with Crippen molar-refractivity contribution in [3.63, 3.8) is 0 Å². The molecule has 2 rings (SSSR count). The predicted molar refractivity (Wildman–Crippen MR) is 102 cm³/mol. The minimum atomic E-state index is -0.578.